The normalized spacial score (nSPS) is 43.7. The van der Waals surface area contributed by atoms with E-state index in [2.05, 4.69) is 27.7 Å². The molecule has 0 aromatic heterocycles. The second-order valence-corrected chi connectivity index (χ2v) is 12.9. The fourth-order valence-corrected chi connectivity index (χ4v) is 8.63. The summed E-state index contributed by atoms with van der Waals surface area (Å²) in [7, 11) is 0. The fourth-order valence-electron chi connectivity index (χ4n) is 8.63. The third-order valence-electron chi connectivity index (χ3n) is 10.8. The van der Waals surface area contributed by atoms with Gasteiger partial charge in [0.25, 0.3) is 0 Å². The first-order chi connectivity index (χ1) is 16.7. The molecule has 0 radical (unpaired) electrons. The SMILES string of the molecule is C[C@@H]1CC[C@H](OC2CCCCO2)CC[C@H](C)C2CC[C@@]3(C)C(CCC3[C@H](C)CCC(=O)O)C2C1=O. The van der Waals surface area contributed by atoms with Crippen LogP contribution in [-0.2, 0) is 19.1 Å². The number of hydrogen-bond donors (Lipinski definition) is 1. The highest BCUT2D eigenvalue weighted by Gasteiger charge is 2.57. The molecule has 1 aliphatic heterocycles. The maximum absolute atomic E-state index is 14.1. The molecule has 0 amide bonds. The van der Waals surface area contributed by atoms with Crippen molar-refractivity contribution in [3.05, 3.63) is 0 Å². The number of rotatable bonds is 6. The molecule has 5 heteroatoms. The van der Waals surface area contributed by atoms with E-state index in [0.717, 1.165) is 70.8 Å². The highest BCUT2D eigenvalue weighted by molar-refractivity contribution is 5.84. The van der Waals surface area contributed by atoms with Crippen LogP contribution < -0.4 is 0 Å². The van der Waals surface area contributed by atoms with Gasteiger partial charge in [-0.1, -0.05) is 27.7 Å². The van der Waals surface area contributed by atoms with Gasteiger partial charge in [-0.15, -0.1) is 0 Å². The second-order valence-electron chi connectivity index (χ2n) is 12.9. The van der Waals surface area contributed by atoms with Gasteiger partial charge in [0.2, 0.25) is 0 Å². The summed E-state index contributed by atoms with van der Waals surface area (Å²) in [6.45, 7) is 10.1. The highest BCUT2D eigenvalue weighted by atomic mass is 16.7. The van der Waals surface area contributed by atoms with E-state index >= 15 is 0 Å². The third-order valence-corrected chi connectivity index (χ3v) is 10.8. The molecule has 10 atom stereocenters. The molecule has 0 aromatic carbocycles. The van der Waals surface area contributed by atoms with E-state index in [1.807, 2.05) is 0 Å². The van der Waals surface area contributed by atoms with Gasteiger partial charge in [-0.05, 0) is 112 Å². The number of aliphatic carboxylic acids is 1. The molecule has 1 N–H and O–H groups in total. The molecule has 1 heterocycles. The monoisotopic (exact) mass is 490 g/mol. The molecular weight excluding hydrogens is 440 g/mol. The Hall–Kier alpha value is -0.940. The van der Waals surface area contributed by atoms with Crippen LogP contribution in [0.2, 0.25) is 0 Å². The lowest BCUT2D eigenvalue weighted by molar-refractivity contribution is -0.192. The molecule has 5 nitrogen and oxygen atoms in total. The number of carbonyl (C=O) groups excluding carboxylic acids is 1. The van der Waals surface area contributed by atoms with Crippen molar-refractivity contribution in [3.8, 4) is 0 Å². The quantitative estimate of drug-likeness (QED) is 0.440. The molecule has 3 saturated carbocycles. The Balaban J connectivity index is 1.47. The predicted molar refractivity (Wildman–Crippen MR) is 137 cm³/mol. The summed E-state index contributed by atoms with van der Waals surface area (Å²) in [4.78, 5) is 25.3. The van der Waals surface area contributed by atoms with Gasteiger partial charge in [0.05, 0.1) is 6.10 Å². The van der Waals surface area contributed by atoms with Crippen LogP contribution in [0.3, 0.4) is 0 Å². The Bertz CT molecular complexity index is 730. The topological polar surface area (TPSA) is 72.8 Å². The standard InChI is InChI=1S/C30H50O5/c1-19-8-11-22(35-27-7-5-6-18-34-27)12-9-21(3)29(33)28-23(19)16-17-30(4)24(13-14-25(28)30)20(2)10-15-26(31)32/h19-25,27-28H,5-18H2,1-4H3,(H,31,32)/t19-,20+,21+,22+,23?,24?,25?,27?,28?,30+/m0/s1. The van der Waals surface area contributed by atoms with Crippen molar-refractivity contribution < 1.29 is 24.2 Å². The van der Waals surface area contributed by atoms with Gasteiger partial charge in [0.1, 0.15) is 5.78 Å². The van der Waals surface area contributed by atoms with E-state index in [1.54, 1.807) is 0 Å². The van der Waals surface area contributed by atoms with E-state index < -0.39 is 5.97 Å². The van der Waals surface area contributed by atoms with Crippen molar-refractivity contribution in [2.45, 2.75) is 124 Å². The summed E-state index contributed by atoms with van der Waals surface area (Å²) in [5.41, 5.74) is 0.169. The first kappa shape index (κ1) is 27.1. The van der Waals surface area contributed by atoms with Crippen LogP contribution in [0.4, 0.5) is 0 Å². The van der Waals surface area contributed by atoms with Crippen molar-refractivity contribution in [2.75, 3.05) is 6.61 Å². The zero-order chi connectivity index (χ0) is 25.2. The number of carboxylic acid groups (broad SMARTS) is 1. The number of ether oxygens (including phenoxy) is 2. The van der Waals surface area contributed by atoms with Crippen LogP contribution in [0.15, 0.2) is 0 Å². The second kappa shape index (κ2) is 11.6. The van der Waals surface area contributed by atoms with Crippen molar-refractivity contribution in [1.29, 1.82) is 0 Å². The predicted octanol–water partition coefficient (Wildman–Crippen LogP) is 6.87. The van der Waals surface area contributed by atoms with Crippen molar-refractivity contribution in [3.63, 3.8) is 0 Å². The largest absolute Gasteiger partial charge is 0.481 e. The fraction of sp³-hybridized carbons (Fsp3) is 0.933. The Kier molecular flexibility index (Phi) is 9.00. The minimum atomic E-state index is -0.692. The number of hydrogen-bond acceptors (Lipinski definition) is 4. The summed E-state index contributed by atoms with van der Waals surface area (Å²) in [6.07, 6.45) is 13.1. The minimum Gasteiger partial charge on any atom is -0.481 e. The Morgan fingerprint density at radius 3 is 2.57 bits per heavy atom. The summed E-state index contributed by atoms with van der Waals surface area (Å²) >= 11 is 0. The van der Waals surface area contributed by atoms with Crippen LogP contribution in [0.25, 0.3) is 0 Å². The molecule has 4 aliphatic rings. The van der Waals surface area contributed by atoms with Crippen molar-refractivity contribution in [2.24, 2.45) is 46.8 Å². The molecule has 3 aliphatic carbocycles. The van der Waals surface area contributed by atoms with Crippen LogP contribution in [-0.4, -0.2) is 35.9 Å². The Labute approximate surface area is 213 Å². The van der Waals surface area contributed by atoms with E-state index in [4.69, 9.17) is 9.47 Å². The van der Waals surface area contributed by atoms with E-state index in [9.17, 15) is 14.7 Å². The highest BCUT2D eigenvalue weighted by Crippen LogP contribution is 2.63. The maximum atomic E-state index is 14.1. The minimum absolute atomic E-state index is 0.0559. The zero-order valence-electron chi connectivity index (χ0n) is 22.7. The van der Waals surface area contributed by atoms with Crippen molar-refractivity contribution in [1.82, 2.24) is 0 Å². The smallest absolute Gasteiger partial charge is 0.303 e. The molecular formula is C30H50O5. The lowest BCUT2D eigenvalue weighted by atomic mass is 9.52. The van der Waals surface area contributed by atoms with Gasteiger partial charge in [0.15, 0.2) is 6.29 Å². The Morgan fingerprint density at radius 2 is 1.86 bits per heavy atom. The van der Waals surface area contributed by atoms with Gasteiger partial charge < -0.3 is 14.6 Å². The number of ketones is 1. The molecule has 5 unspecified atom stereocenters. The summed E-state index contributed by atoms with van der Waals surface area (Å²) in [5, 5.41) is 9.21. The number of carbonyl (C=O) groups is 2. The molecule has 4 rings (SSSR count). The van der Waals surface area contributed by atoms with Gasteiger partial charge in [0, 0.05) is 24.9 Å². The summed E-state index contributed by atoms with van der Waals surface area (Å²) in [6, 6.07) is 0. The van der Waals surface area contributed by atoms with Gasteiger partial charge in [-0.2, -0.15) is 0 Å². The van der Waals surface area contributed by atoms with Gasteiger partial charge in [-0.3, -0.25) is 9.59 Å². The lowest BCUT2D eigenvalue weighted by Crippen LogP contribution is -2.49. The average Bonchev–Trinajstić information content (AvgIpc) is 3.19. The first-order valence-corrected chi connectivity index (χ1v) is 14.7. The third kappa shape index (κ3) is 5.98. The maximum Gasteiger partial charge on any atom is 0.303 e. The molecule has 0 aromatic rings. The van der Waals surface area contributed by atoms with E-state index in [1.165, 1.54) is 12.8 Å². The van der Waals surface area contributed by atoms with E-state index in [-0.39, 0.29) is 36.1 Å². The van der Waals surface area contributed by atoms with Crippen molar-refractivity contribution >= 4 is 11.8 Å². The van der Waals surface area contributed by atoms with Gasteiger partial charge in [-0.25, -0.2) is 0 Å². The number of fused-ring (bicyclic) bond motifs is 3. The first-order valence-electron chi connectivity index (χ1n) is 14.7. The number of carboxylic acids is 1. The average molecular weight is 491 g/mol. The lowest BCUT2D eigenvalue weighted by Gasteiger charge is -2.51. The summed E-state index contributed by atoms with van der Waals surface area (Å²) in [5.74, 6) is 2.47. The summed E-state index contributed by atoms with van der Waals surface area (Å²) < 4.78 is 12.3. The molecule has 4 fully saturated rings. The number of Topliss-reactive ketones (excluding diaryl/α,β-unsaturated/α-hetero) is 1. The molecule has 1 saturated heterocycles. The van der Waals surface area contributed by atoms with Crippen LogP contribution in [0.5, 0.6) is 0 Å². The molecule has 200 valence electrons. The van der Waals surface area contributed by atoms with Crippen LogP contribution in [0, 0.1) is 46.8 Å². The molecule has 0 bridgehead atoms. The molecule has 35 heavy (non-hydrogen) atoms. The van der Waals surface area contributed by atoms with Gasteiger partial charge >= 0.3 is 5.97 Å². The van der Waals surface area contributed by atoms with Crippen LogP contribution in [0.1, 0.15) is 111 Å². The Morgan fingerprint density at radius 1 is 1.09 bits per heavy atom. The zero-order valence-corrected chi connectivity index (χ0v) is 22.7. The molecule has 0 spiro atoms. The van der Waals surface area contributed by atoms with E-state index in [0.29, 0.717) is 35.4 Å². The van der Waals surface area contributed by atoms with Crippen LogP contribution >= 0.6 is 0 Å².